The summed E-state index contributed by atoms with van der Waals surface area (Å²) in [6.07, 6.45) is 13.3. The second kappa shape index (κ2) is 6.16. The lowest BCUT2D eigenvalue weighted by molar-refractivity contribution is 1.59. The molecule has 0 bridgehead atoms. The smallest absolute Gasteiger partial charge is 0.0111 e. The van der Waals surface area contributed by atoms with E-state index in [1.165, 1.54) is 44.5 Å². The SMILES string of the molecule is C1=Cc2ccccc2/C1=C/c1ccc(/C=C2\C=Cc3ccccc32)cc1. The number of hydrogen-bond acceptors (Lipinski definition) is 0. The molecule has 0 radical (unpaired) electrons. The van der Waals surface area contributed by atoms with E-state index >= 15 is 0 Å². The van der Waals surface area contributed by atoms with Crippen molar-refractivity contribution in [3.63, 3.8) is 0 Å². The fourth-order valence-corrected chi connectivity index (χ4v) is 3.65. The molecule has 0 aromatic heterocycles. The van der Waals surface area contributed by atoms with Gasteiger partial charge in [-0.2, -0.15) is 0 Å². The van der Waals surface area contributed by atoms with Crippen molar-refractivity contribution in [1.82, 2.24) is 0 Å². The summed E-state index contributed by atoms with van der Waals surface area (Å²) >= 11 is 0. The molecule has 3 aromatic rings. The minimum atomic E-state index is 1.23. The van der Waals surface area contributed by atoms with Crippen molar-refractivity contribution in [1.29, 1.82) is 0 Å². The van der Waals surface area contributed by atoms with E-state index in [1.54, 1.807) is 0 Å². The monoisotopic (exact) mass is 330 g/mol. The highest BCUT2D eigenvalue weighted by Crippen LogP contribution is 2.32. The topological polar surface area (TPSA) is 0 Å². The second-order valence-electron chi connectivity index (χ2n) is 6.71. The summed E-state index contributed by atoms with van der Waals surface area (Å²) in [6, 6.07) is 25.8. The van der Waals surface area contributed by atoms with Crippen LogP contribution in [0.2, 0.25) is 0 Å². The lowest BCUT2D eigenvalue weighted by atomic mass is 10.0. The van der Waals surface area contributed by atoms with Crippen LogP contribution in [0.15, 0.2) is 84.9 Å². The maximum absolute atomic E-state index is 2.25. The van der Waals surface area contributed by atoms with Gasteiger partial charge in [-0.25, -0.2) is 0 Å². The zero-order chi connectivity index (χ0) is 17.3. The van der Waals surface area contributed by atoms with Crippen LogP contribution in [0.1, 0.15) is 33.4 Å². The molecule has 0 saturated heterocycles. The quantitative estimate of drug-likeness (QED) is 0.483. The van der Waals surface area contributed by atoms with E-state index in [-0.39, 0.29) is 0 Å². The van der Waals surface area contributed by atoms with E-state index in [1.807, 2.05) is 0 Å². The third kappa shape index (κ3) is 2.66. The maximum atomic E-state index is 2.25. The summed E-state index contributed by atoms with van der Waals surface area (Å²) in [7, 11) is 0. The van der Waals surface area contributed by atoms with Gasteiger partial charge in [-0.05, 0) is 56.7 Å². The van der Waals surface area contributed by atoms with Gasteiger partial charge in [-0.3, -0.25) is 0 Å². The molecule has 26 heavy (non-hydrogen) atoms. The molecule has 0 nitrogen and oxygen atoms in total. The molecule has 2 aliphatic carbocycles. The van der Waals surface area contributed by atoms with E-state index in [0.717, 1.165) is 0 Å². The molecule has 0 fully saturated rings. The fourth-order valence-electron chi connectivity index (χ4n) is 3.65. The molecule has 0 unspecified atom stereocenters. The Morgan fingerprint density at radius 2 is 0.846 bits per heavy atom. The average Bonchev–Trinajstić information content (AvgIpc) is 3.28. The molecule has 2 aliphatic rings. The maximum Gasteiger partial charge on any atom is -0.0111 e. The third-order valence-corrected chi connectivity index (χ3v) is 5.01. The Labute approximate surface area is 154 Å². The van der Waals surface area contributed by atoms with Crippen LogP contribution in [-0.2, 0) is 0 Å². The van der Waals surface area contributed by atoms with Gasteiger partial charge < -0.3 is 0 Å². The van der Waals surface area contributed by atoms with Crippen LogP contribution in [-0.4, -0.2) is 0 Å². The molecular weight excluding hydrogens is 312 g/mol. The molecule has 0 atom stereocenters. The van der Waals surface area contributed by atoms with E-state index < -0.39 is 0 Å². The highest BCUT2D eigenvalue weighted by Gasteiger charge is 2.10. The minimum absolute atomic E-state index is 1.23. The zero-order valence-electron chi connectivity index (χ0n) is 14.4. The van der Waals surface area contributed by atoms with Gasteiger partial charge in [0.25, 0.3) is 0 Å². The predicted octanol–water partition coefficient (Wildman–Crippen LogP) is 6.82. The molecule has 122 valence electrons. The Balaban J connectivity index is 1.43. The van der Waals surface area contributed by atoms with Crippen LogP contribution in [0.3, 0.4) is 0 Å². The number of benzene rings is 3. The fraction of sp³-hybridized carbons (Fsp3) is 0. The van der Waals surface area contributed by atoms with E-state index in [9.17, 15) is 0 Å². The Hall–Kier alpha value is -3.38. The van der Waals surface area contributed by atoms with Gasteiger partial charge in [0.15, 0.2) is 0 Å². The van der Waals surface area contributed by atoms with Crippen molar-refractivity contribution in [2.45, 2.75) is 0 Å². The Kier molecular flexibility index (Phi) is 3.54. The lowest BCUT2D eigenvalue weighted by Crippen LogP contribution is -1.82. The van der Waals surface area contributed by atoms with Crippen LogP contribution in [0.25, 0.3) is 35.5 Å². The summed E-state index contributed by atoms with van der Waals surface area (Å²) in [5, 5.41) is 0. The van der Waals surface area contributed by atoms with Gasteiger partial charge >= 0.3 is 0 Å². The van der Waals surface area contributed by atoms with Crippen LogP contribution in [0.5, 0.6) is 0 Å². The largest absolute Gasteiger partial charge is 0.0616 e. The first-order valence-electron chi connectivity index (χ1n) is 8.95. The molecular formula is C26H18. The normalized spacial score (nSPS) is 17.1. The van der Waals surface area contributed by atoms with Gasteiger partial charge in [-0.15, -0.1) is 0 Å². The summed E-state index contributed by atoms with van der Waals surface area (Å²) in [6.45, 7) is 0. The first kappa shape index (κ1) is 14.9. The molecule has 0 amide bonds. The van der Waals surface area contributed by atoms with E-state index in [4.69, 9.17) is 0 Å². The molecule has 5 rings (SSSR count). The van der Waals surface area contributed by atoms with Crippen molar-refractivity contribution in [2.24, 2.45) is 0 Å². The van der Waals surface area contributed by atoms with Gasteiger partial charge in [0.2, 0.25) is 0 Å². The number of rotatable bonds is 2. The summed E-state index contributed by atoms with van der Waals surface area (Å²) in [5.41, 5.74) is 10.2. The average molecular weight is 330 g/mol. The zero-order valence-corrected chi connectivity index (χ0v) is 14.4. The molecule has 0 heteroatoms. The first-order chi connectivity index (χ1) is 12.9. The molecule has 3 aromatic carbocycles. The number of hydrogen-bond donors (Lipinski definition) is 0. The first-order valence-corrected chi connectivity index (χ1v) is 8.95. The molecule has 0 N–H and O–H groups in total. The summed E-state index contributed by atoms with van der Waals surface area (Å²) in [4.78, 5) is 0. The third-order valence-electron chi connectivity index (χ3n) is 5.01. The minimum Gasteiger partial charge on any atom is -0.0616 e. The van der Waals surface area contributed by atoms with Crippen molar-refractivity contribution >= 4 is 35.5 Å². The van der Waals surface area contributed by atoms with Gasteiger partial charge in [-0.1, -0.05) is 97.1 Å². The number of allylic oxidation sites excluding steroid dienone is 4. The van der Waals surface area contributed by atoms with E-state index in [2.05, 4.69) is 109 Å². The summed E-state index contributed by atoms with van der Waals surface area (Å²) in [5.74, 6) is 0. The Morgan fingerprint density at radius 1 is 0.423 bits per heavy atom. The molecule has 0 spiro atoms. The van der Waals surface area contributed by atoms with Crippen LogP contribution in [0, 0.1) is 0 Å². The van der Waals surface area contributed by atoms with Gasteiger partial charge in [0.05, 0.1) is 0 Å². The van der Waals surface area contributed by atoms with Crippen LogP contribution >= 0.6 is 0 Å². The van der Waals surface area contributed by atoms with Gasteiger partial charge in [0.1, 0.15) is 0 Å². The Morgan fingerprint density at radius 3 is 1.31 bits per heavy atom. The highest BCUT2D eigenvalue weighted by molar-refractivity contribution is 5.99. The predicted molar refractivity (Wildman–Crippen MR) is 113 cm³/mol. The van der Waals surface area contributed by atoms with Crippen molar-refractivity contribution < 1.29 is 0 Å². The van der Waals surface area contributed by atoms with Crippen LogP contribution < -0.4 is 0 Å². The summed E-state index contributed by atoms with van der Waals surface area (Å²) < 4.78 is 0. The molecule has 0 heterocycles. The standard InChI is InChI=1S/C26H18/c1-3-7-25-21(5-1)13-15-23(25)17-19-9-11-20(12-10-19)18-24-16-14-22-6-2-4-8-26(22)24/h1-18H/b23-17+,24-18+. The van der Waals surface area contributed by atoms with Gasteiger partial charge in [0, 0.05) is 0 Å². The second-order valence-corrected chi connectivity index (χ2v) is 6.71. The molecule has 0 aliphatic heterocycles. The van der Waals surface area contributed by atoms with E-state index in [0.29, 0.717) is 0 Å². The van der Waals surface area contributed by atoms with Crippen molar-refractivity contribution in [3.05, 3.63) is 118 Å². The highest BCUT2D eigenvalue weighted by atomic mass is 14.1. The van der Waals surface area contributed by atoms with Crippen molar-refractivity contribution in [2.75, 3.05) is 0 Å². The van der Waals surface area contributed by atoms with Crippen LogP contribution in [0.4, 0.5) is 0 Å². The van der Waals surface area contributed by atoms with Crippen molar-refractivity contribution in [3.8, 4) is 0 Å². The Bertz CT molecular complexity index is 1010. The lowest BCUT2D eigenvalue weighted by Gasteiger charge is -2.03. The molecule has 0 saturated carbocycles. The number of fused-ring (bicyclic) bond motifs is 2.